The summed E-state index contributed by atoms with van der Waals surface area (Å²) in [4.78, 5) is 28.8. The van der Waals surface area contributed by atoms with Crippen LogP contribution in [0.1, 0.15) is 27.2 Å². The van der Waals surface area contributed by atoms with Crippen LogP contribution in [0.25, 0.3) is 0 Å². The highest BCUT2D eigenvalue weighted by Gasteiger charge is 2.11. The maximum absolute atomic E-state index is 12.0. The Balaban J connectivity index is 0.00000729. The second-order valence-corrected chi connectivity index (χ2v) is 5.70. The van der Waals surface area contributed by atoms with E-state index in [4.69, 9.17) is 0 Å². The second-order valence-electron chi connectivity index (χ2n) is 5.70. The van der Waals surface area contributed by atoms with E-state index in [1.165, 1.54) is 6.07 Å². The first-order chi connectivity index (χ1) is 13.0. The number of aliphatic imine (C=N–C) groups is 1. The van der Waals surface area contributed by atoms with Crippen LogP contribution in [-0.2, 0) is 4.79 Å². The molecule has 158 valence electrons. The van der Waals surface area contributed by atoms with E-state index < -0.39 is 4.92 Å². The molecule has 1 amide bonds. The lowest BCUT2D eigenvalue weighted by Gasteiger charge is -2.18. The molecule has 0 radical (unpaired) electrons. The zero-order valence-electron chi connectivity index (χ0n) is 16.7. The lowest BCUT2D eigenvalue weighted by molar-refractivity contribution is -0.384. The molecule has 0 fully saturated rings. The number of anilines is 1. The van der Waals surface area contributed by atoms with Gasteiger partial charge in [0.15, 0.2) is 5.96 Å². The highest BCUT2D eigenvalue weighted by Crippen LogP contribution is 2.22. The van der Waals surface area contributed by atoms with Crippen molar-refractivity contribution in [2.75, 3.05) is 44.6 Å². The number of hydrogen-bond acceptors (Lipinski definition) is 5. The Hall–Kier alpha value is -2.11. The number of rotatable bonds is 11. The average Bonchev–Trinajstić information content (AvgIpc) is 2.66. The summed E-state index contributed by atoms with van der Waals surface area (Å²) in [5.41, 5.74) is 0.532. The minimum Gasteiger partial charge on any atom is -0.378 e. The van der Waals surface area contributed by atoms with Gasteiger partial charge in [-0.15, -0.1) is 24.0 Å². The summed E-state index contributed by atoms with van der Waals surface area (Å²) in [5.74, 6) is 0.715. The van der Waals surface area contributed by atoms with Gasteiger partial charge in [0.05, 0.1) is 11.5 Å². The number of carbonyl (C=O) groups is 1. The van der Waals surface area contributed by atoms with Gasteiger partial charge in [0.25, 0.3) is 5.69 Å². The van der Waals surface area contributed by atoms with Gasteiger partial charge in [-0.2, -0.15) is 0 Å². The van der Waals surface area contributed by atoms with Crippen molar-refractivity contribution >= 4 is 47.2 Å². The number of nitro groups is 1. The van der Waals surface area contributed by atoms with E-state index in [-0.39, 0.29) is 35.6 Å². The van der Waals surface area contributed by atoms with Crippen molar-refractivity contribution in [3.63, 3.8) is 0 Å². The molecule has 0 aromatic heterocycles. The fraction of sp³-hybridized carbons (Fsp3) is 0.556. The molecular weight excluding hydrogens is 475 g/mol. The standard InChI is InChI=1S/C18H30N6O3.HI/c1-4-19-18(21-12-11-17(25)23(5-2)6-3)22-14-13-20-15-9-7-8-10-16(15)24(26)27;/h7-10,20H,4-6,11-14H2,1-3H3,(H2,19,21,22);1H. The van der Waals surface area contributed by atoms with Crippen molar-refractivity contribution in [1.29, 1.82) is 0 Å². The third-order valence-electron chi connectivity index (χ3n) is 3.89. The van der Waals surface area contributed by atoms with Crippen LogP contribution >= 0.6 is 24.0 Å². The molecular formula is C18H31IN6O3. The van der Waals surface area contributed by atoms with Crippen LogP contribution in [0.15, 0.2) is 29.3 Å². The Bertz CT molecular complexity index is 638. The van der Waals surface area contributed by atoms with Crippen LogP contribution in [0.4, 0.5) is 11.4 Å². The SMILES string of the molecule is CCNC(=NCCC(=O)N(CC)CC)NCCNc1ccccc1[N+](=O)[O-].I. The van der Waals surface area contributed by atoms with Gasteiger partial charge in [0, 0.05) is 45.2 Å². The second kappa shape index (κ2) is 14.9. The molecule has 0 saturated heterocycles. The number of benzene rings is 1. The molecule has 1 aromatic carbocycles. The summed E-state index contributed by atoms with van der Waals surface area (Å²) >= 11 is 0. The van der Waals surface area contributed by atoms with Gasteiger partial charge in [-0.3, -0.25) is 19.9 Å². The molecule has 0 atom stereocenters. The van der Waals surface area contributed by atoms with E-state index in [1.807, 2.05) is 20.8 Å². The van der Waals surface area contributed by atoms with Gasteiger partial charge < -0.3 is 20.9 Å². The molecule has 1 rings (SSSR count). The monoisotopic (exact) mass is 506 g/mol. The van der Waals surface area contributed by atoms with Gasteiger partial charge in [-0.1, -0.05) is 12.1 Å². The Morgan fingerprint density at radius 3 is 2.43 bits per heavy atom. The molecule has 0 heterocycles. The predicted octanol–water partition coefficient (Wildman–Crippen LogP) is 2.44. The van der Waals surface area contributed by atoms with Crippen molar-refractivity contribution < 1.29 is 9.72 Å². The zero-order chi connectivity index (χ0) is 20.1. The molecule has 9 nitrogen and oxygen atoms in total. The molecule has 0 aliphatic rings. The number of para-hydroxylation sites is 2. The first-order valence-corrected chi connectivity index (χ1v) is 9.30. The van der Waals surface area contributed by atoms with Crippen LogP contribution in [0.5, 0.6) is 0 Å². The van der Waals surface area contributed by atoms with Gasteiger partial charge in [0.1, 0.15) is 5.69 Å². The number of nitrogens with zero attached hydrogens (tertiary/aromatic N) is 3. The summed E-state index contributed by atoms with van der Waals surface area (Å²) in [7, 11) is 0. The van der Waals surface area contributed by atoms with Gasteiger partial charge in [0.2, 0.25) is 5.91 Å². The Kier molecular flexibility index (Phi) is 13.8. The topological polar surface area (TPSA) is 112 Å². The number of guanidine groups is 1. The Labute approximate surface area is 183 Å². The molecule has 0 bridgehead atoms. The van der Waals surface area contributed by atoms with E-state index in [0.29, 0.717) is 57.3 Å². The van der Waals surface area contributed by atoms with Crippen LogP contribution < -0.4 is 16.0 Å². The highest BCUT2D eigenvalue weighted by molar-refractivity contribution is 14.0. The molecule has 0 aliphatic carbocycles. The number of nitro benzene ring substituents is 1. The zero-order valence-corrected chi connectivity index (χ0v) is 19.1. The van der Waals surface area contributed by atoms with E-state index >= 15 is 0 Å². The van der Waals surface area contributed by atoms with Crippen LogP contribution in [0, 0.1) is 10.1 Å². The number of amides is 1. The van der Waals surface area contributed by atoms with Crippen LogP contribution in [0.2, 0.25) is 0 Å². The lowest BCUT2D eigenvalue weighted by atomic mass is 10.2. The molecule has 28 heavy (non-hydrogen) atoms. The van der Waals surface area contributed by atoms with Gasteiger partial charge in [-0.05, 0) is 26.8 Å². The highest BCUT2D eigenvalue weighted by atomic mass is 127. The largest absolute Gasteiger partial charge is 0.378 e. The average molecular weight is 506 g/mol. The number of carbonyl (C=O) groups excluding carboxylic acids is 1. The van der Waals surface area contributed by atoms with E-state index in [9.17, 15) is 14.9 Å². The quantitative estimate of drug-likeness (QED) is 0.106. The van der Waals surface area contributed by atoms with E-state index in [2.05, 4.69) is 20.9 Å². The Morgan fingerprint density at radius 2 is 1.82 bits per heavy atom. The minimum absolute atomic E-state index is 0. The molecule has 1 aromatic rings. The summed E-state index contributed by atoms with van der Waals surface area (Å²) < 4.78 is 0. The summed E-state index contributed by atoms with van der Waals surface area (Å²) in [6, 6.07) is 6.53. The van der Waals surface area contributed by atoms with Crippen LogP contribution in [-0.4, -0.2) is 61.0 Å². The first kappa shape index (κ1) is 25.9. The normalized spacial score (nSPS) is 10.6. The summed E-state index contributed by atoms with van der Waals surface area (Å²) in [5, 5.41) is 20.3. The van der Waals surface area contributed by atoms with Crippen molar-refractivity contribution in [2.45, 2.75) is 27.2 Å². The lowest BCUT2D eigenvalue weighted by Crippen LogP contribution is -2.40. The first-order valence-electron chi connectivity index (χ1n) is 9.30. The number of nitrogens with one attached hydrogen (secondary N) is 3. The van der Waals surface area contributed by atoms with Gasteiger partial charge in [-0.25, -0.2) is 0 Å². The summed E-state index contributed by atoms with van der Waals surface area (Å²) in [6.07, 6.45) is 0.368. The molecule has 0 unspecified atom stereocenters. The molecule has 10 heteroatoms. The van der Waals surface area contributed by atoms with Crippen molar-refractivity contribution in [3.8, 4) is 0 Å². The van der Waals surface area contributed by atoms with Crippen LogP contribution in [0.3, 0.4) is 0 Å². The van der Waals surface area contributed by atoms with Crippen molar-refractivity contribution in [2.24, 2.45) is 4.99 Å². The Morgan fingerprint density at radius 1 is 1.14 bits per heavy atom. The molecule has 0 spiro atoms. The maximum Gasteiger partial charge on any atom is 0.292 e. The molecule has 3 N–H and O–H groups in total. The van der Waals surface area contributed by atoms with E-state index in [0.717, 1.165) is 0 Å². The number of hydrogen-bond donors (Lipinski definition) is 3. The van der Waals surface area contributed by atoms with E-state index in [1.54, 1.807) is 23.1 Å². The summed E-state index contributed by atoms with van der Waals surface area (Å²) in [6.45, 7) is 9.42. The fourth-order valence-electron chi connectivity index (χ4n) is 2.50. The minimum atomic E-state index is -0.409. The fourth-order valence-corrected chi connectivity index (χ4v) is 2.50. The van der Waals surface area contributed by atoms with Gasteiger partial charge >= 0.3 is 0 Å². The smallest absolute Gasteiger partial charge is 0.292 e. The van der Waals surface area contributed by atoms with Crippen molar-refractivity contribution in [3.05, 3.63) is 34.4 Å². The van der Waals surface area contributed by atoms with Crippen molar-refractivity contribution in [1.82, 2.24) is 15.5 Å². The maximum atomic E-state index is 12.0. The molecule has 0 saturated carbocycles. The number of halogens is 1. The third kappa shape index (κ3) is 9.20. The molecule has 0 aliphatic heterocycles. The predicted molar refractivity (Wildman–Crippen MR) is 124 cm³/mol. The third-order valence-corrected chi connectivity index (χ3v) is 3.89.